The Hall–Kier alpha value is -1.59. The second-order valence-corrected chi connectivity index (χ2v) is 5.42. The molecule has 0 aliphatic carbocycles. The number of hydrogen-bond donors (Lipinski definition) is 3. The van der Waals surface area contributed by atoms with Crippen LogP contribution in [-0.2, 0) is 9.59 Å². The largest absolute Gasteiger partial charge is 0.481 e. The lowest BCUT2D eigenvalue weighted by molar-refractivity contribution is -0.139. The molecule has 0 aromatic heterocycles. The minimum atomic E-state index is -0.957. The van der Waals surface area contributed by atoms with Crippen LogP contribution in [0.3, 0.4) is 0 Å². The number of rotatable bonds is 8. The quantitative estimate of drug-likeness (QED) is 0.588. The Balaban J connectivity index is 3.96. The van der Waals surface area contributed by atoms with Crippen LogP contribution in [0, 0.1) is 5.41 Å². The lowest BCUT2D eigenvalue weighted by atomic mass is 9.85. The third-order valence-electron chi connectivity index (χ3n) is 2.59. The third-order valence-corrected chi connectivity index (χ3v) is 2.59. The van der Waals surface area contributed by atoms with Gasteiger partial charge in [0, 0.05) is 13.0 Å². The summed E-state index contributed by atoms with van der Waals surface area (Å²) in [6, 6.07) is -0.521. The van der Waals surface area contributed by atoms with Crippen LogP contribution < -0.4 is 10.6 Å². The summed E-state index contributed by atoms with van der Waals surface area (Å²) in [6.45, 7) is 5.96. The summed E-state index contributed by atoms with van der Waals surface area (Å²) in [6.07, 6.45) is 2.86. The molecule has 19 heavy (non-hydrogen) atoms. The van der Waals surface area contributed by atoms with Gasteiger partial charge in [-0.3, -0.25) is 14.9 Å². The van der Waals surface area contributed by atoms with Crippen molar-refractivity contribution in [1.82, 2.24) is 10.6 Å². The number of carboxylic acids is 1. The highest BCUT2D eigenvalue weighted by atomic mass is 16.4. The molecule has 3 amide bonds. The van der Waals surface area contributed by atoms with E-state index < -0.39 is 23.3 Å². The number of unbranched alkanes of at least 4 members (excludes halogenated alkanes) is 2. The van der Waals surface area contributed by atoms with Crippen LogP contribution in [0.15, 0.2) is 0 Å². The number of hydrogen-bond acceptors (Lipinski definition) is 3. The van der Waals surface area contributed by atoms with Gasteiger partial charge in [0.05, 0.1) is 6.42 Å². The van der Waals surface area contributed by atoms with Crippen LogP contribution in [0.4, 0.5) is 4.79 Å². The Morgan fingerprint density at radius 3 is 2.26 bits per heavy atom. The normalized spacial score (nSPS) is 10.9. The van der Waals surface area contributed by atoms with Crippen molar-refractivity contribution < 1.29 is 19.5 Å². The van der Waals surface area contributed by atoms with E-state index in [-0.39, 0.29) is 12.8 Å². The number of amides is 3. The number of aliphatic carboxylic acids is 1. The van der Waals surface area contributed by atoms with Gasteiger partial charge in [-0.2, -0.15) is 0 Å². The van der Waals surface area contributed by atoms with Crippen molar-refractivity contribution in [2.24, 2.45) is 5.41 Å². The van der Waals surface area contributed by atoms with Crippen molar-refractivity contribution in [3.05, 3.63) is 0 Å². The standard InChI is InChI=1S/C13H24N2O4/c1-4-5-6-7-14-12(19)15-10(16)8-13(2,3)9-11(17)18/h4-9H2,1-3H3,(H,17,18)(H2,14,15,16,19). The third kappa shape index (κ3) is 10.1. The van der Waals surface area contributed by atoms with Gasteiger partial charge in [-0.05, 0) is 11.8 Å². The molecule has 0 aromatic rings. The molecule has 0 bridgehead atoms. The number of carboxylic acid groups (broad SMARTS) is 1. The maximum absolute atomic E-state index is 11.6. The minimum Gasteiger partial charge on any atom is -0.481 e. The molecule has 0 heterocycles. The topological polar surface area (TPSA) is 95.5 Å². The Morgan fingerprint density at radius 1 is 1.11 bits per heavy atom. The molecule has 0 aliphatic heterocycles. The summed E-state index contributed by atoms with van der Waals surface area (Å²) >= 11 is 0. The lowest BCUT2D eigenvalue weighted by Gasteiger charge is -2.21. The molecule has 0 spiro atoms. The van der Waals surface area contributed by atoms with Gasteiger partial charge in [0.15, 0.2) is 0 Å². The molecule has 0 unspecified atom stereocenters. The lowest BCUT2D eigenvalue weighted by Crippen LogP contribution is -2.41. The molecule has 0 fully saturated rings. The van der Waals surface area contributed by atoms with E-state index in [1.807, 2.05) is 0 Å². The second kappa shape index (κ2) is 8.50. The average Bonchev–Trinajstić information content (AvgIpc) is 2.21. The first-order chi connectivity index (χ1) is 8.76. The smallest absolute Gasteiger partial charge is 0.321 e. The molecular weight excluding hydrogens is 248 g/mol. The molecule has 6 nitrogen and oxygen atoms in total. The zero-order valence-electron chi connectivity index (χ0n) is 11.9. The zero-order chi connectivity index (χ0) is 14.9. The summed E-state index contributed by atoms with van der Waals surface area (Å²) < 4.78 is 0. The second-order valence-electron chi connectivity index (χ2n) is 5.42. The molecule has 0 rings (SSSR count). The summed E-state index contributed by atoms with van der Waals surface area (Å²) in [5.41, 5.74) is -0.668. The predicted molar refractivity (Wildman–Crippen MR) is 71.7 cm³/mol. The van der Waals surface area contributed by atoms with E-state index in [4.69, 9.17) is 5.11 Å². The van der Waals surface area contributed by atoms with Crippen molar-refractivity contribution in [2.75, 3.05) is 6.54 Å². The van der Waals surface area contributed by atoms with E-state index in [2.05, 4.69) is 17.6 Å². The predicted octanol–water partition coefficient (Wildman–Crippen LogP) is 1.89. The van der Waals surface area contributed by atoms with Crippen LogP contribution in [0.25, 0.3) is 0 Å². The first kappa shape index (κ1) is 17.4. The SMILES string of the molecule is CCCCCNC(=O)NC(=O)CC(C)(C)CC(=O)O. The highest BCUT2D eigenvalue weighted by Crippen LogP contribution is 2.24. The van der Waals surface area contributed by atoms with E-state index >= 15 is 0 Å². The van der Waals surface area contributed by atoms with Crippen LogP contribution in [0.1, 0.15) is 52.9 Å². The molecule has 0 saturated carbocycles. The minimum absolute atomic E-state index is 0.00167. The Bertz CT molecular complexity index is 327. The average molecular weight is 272 g/mol. The van der Waals surface area contributed by atoms with Gasteiger partial charge in [0.2, 0.25) is 5.91 Å². The fourth-order valence-corrected chi connectivity index (χ4v) is 1.70. The maximum atomic E-state index is 11.6. The van der Waals surface area contributed by atoms with Gasteiger partial charge in [-0.1, -0.05) is 33.6 Å². The zero-order valence-corrected chi connectivity index (χ0v) is 11.9. The summed E-state index contributed by atoms with van der Waals surface area (Å²) in [4.78, 5) is 33.6. The van der Waals surface area contributed by atoms with Crippen molar-refractivity contribution >= 4 is 17.9 Å². The fourth-order valence-electron chi connectivity index (χ4n) is 1.70. The number of carbonyl (C=O) groups excluding carboxylic acids is 2. The molecule has 0 radical (unpaired) electrons. The summed E-state index contributed by atoms with van der Waals surface area (Å²) in [5, 5.41) is 13.5. The highest BCUT2D eigenvalue weighted by molar-refractivity contribution is 5.94. The highest BCUT2D eigenvalue weighted by Gasteiger charge is 2.25. The Morgan fingerprint density at radius 2 is 1.74 bits per heavy atom. The van der Waals surface area contributed by atoms with Crippen LogP contribution in [0.5, 0.6) is 0 Å². The van der Waals surface area contributed by atoms with E-state index in [1.54, 1.807) is 13.8 Å². The van der Waals surface area contributed by atoms with Gasteiger partial charge in [-0.25, -0.2) is 4.79 Å². The summed E-state index contributed by atoms with van der Waals surface area (Å²) in [5.74, 6) is -1.42. The number of nitrogens with one attached hydrogen (secondary N) is 2. The van der Waals surface area contributed by atoms with Crippen LogP contribution in [-0.4, -0.2) is 29.6 Å². The number of carbonyl (C=O) groups is 3. The summed E-state index contributed by atoms with van der Waals surface area (Å²) in [7, 11) is 0. The van der Waals surface area contributed by atoms with E-state index in [0.717, 1.165) is 19.3 Å². The van der Waals surface area contributed by atoms with Crippen molar-refractivity contribution in [3.63, 3.8) is 0 Å². The number of imide groups is 1. The van der Waals surface area contributed by atoms with Gasteiger partial charge >= 0.3 is 12.0 Å². The van der Waals surface area contributed by atoms with Crippen LogP contribution >= 0.6 is 0 Å². The molecule has 6 heteroatoms. The molecule has 110 valence electrons. The van der Waals surface area contributed by atoms with Crippen molar-refractivity contribution in [3.8, 4) is 0 Å². The van der Waals surface area contributed by atoms with Gasteiger partial charge in [0.25, 0.3) is 0 Å². The molecule has 0 aliphatic rings. The molecule has 3 N–H and O–H groups in total. The molecule has 0 aromatic carbocycles. The molecular formula is C13H24N2O4. The van der Waals surface area contributed by atoms with Gasteiger partial charge in [-0.15, -0.1) is 0 Å². The number of urea groups is 1. The van der Waals surface area contributed by atoms with Crippen molar-refractivity contribution in [1.29, 1.82) is 0 Å². The van der Waals surface area contributed by atoms with Gasteiger partial charge in [0.1, 0.15) is 0 Å². The molecule has 0 atom stereocenters. The first-order valence-electron chi connectivity index (χ1n) is 6.56. The fraction of sp³-hybridized carbons (Fsp3) is 0.769. The Kier molecular flexibility index (Phi) is 7.79. The Labute approximate surface area is 113 Å². The van der Waals surface area contributed by atoms with Gasteiger partial charge < -0.3 is 10.4 Å². The first-order valence-corrected chi connectivity index (χ1v) is 6.56. The monoisotopic (exact) mass is 272 g/mol. The van der Waals surface area contributed by atoms with E-state index in [9.17, 15) is 14.4 Å². The molecule has 0 saturated heterocycles. The van der Waals surface area contributed by atoms with Crippen molar-refractivity contribution in [2.45, 2.75) is 52.9 Å². The van der Waals surface area contributed by atoms with E-state index in [1.165, 1.54) is 0 Å². The van der Waals surface area contributed by atoms with Crippen LogP contribution in [0.2, 0.25) is 0 Å². The van der Waals surface area contributed by atoms with E-state index in [0.29, 0.717) is 6.54 Å². The maximum Gasteiger partial charge on any atom is 0.321 e.